The molecule has 2 N–H and O–H groups in total. The molecule has 1 rings (SSSR count). The van der Waals surface area contributed by atoms with Crippen LogP contribution in [0.2, 0.25) is 0 Å². The summed E-state index contributed by atoms with van der Waals surface area (Å²) in [5.74, 6) is -4.93. The van der Waals surface area contributed by atoms with Gasteiger partial charge in [0.1, 0.15) is 6.10 Å². The van der Waals surface area contributed by atoms with E-state index in [4.69, 9.17) is 10.2 Å². The minimum absolute atomic E-state index is 0.0641. The zero-order chi connectivity index (χ0) is 13.3. The van der Waals surface area contributed by atoms with Gasteiger partial charge in [0.15, 0.2) is 0 Å². The summed E-state index contributed by atoms with van der Waals surface area (Å²) in [5, 5.41) is 17.7. The van der Waals surface area contributed by atoms with Gasteiger partial charge in [-0.2, -0.15) is 22.0 Å². The molecule has 0 aliphatic carbocycles. The van der Waals surface area contributed by atoms with Gasteiger partial charge < -0.3 is 10.2 Å². The molecule has 1 unspecified atom stereocenters. The molecule has 0 aromatic heterocycles. The van der Waals surface area contributed by atoms with Gasteiger partial charge in [-0.3, -0.25) is 0 Å². The molecule has 0 fully saturated rings. The van der Waals surface area contributed by atoms with E-state index < -0.39 is 30.4 Å². The summed E-state index contributed by atoms with van der Waals surface area (Å²) in [4.78, 5) is 0. The number of aliphatic hydroxyl groups is 2. The Labute approximate surface area is 93.3 Å². The predicted octanol–water partition coefficient (Wildman–Crippen LogP) is 2.37. The first kappa shape index (κ1) is 13.9. The third kappa shape index (κ3) is 2.73. The smallest absolute Gasteiger partial charge is 0.393 e. The molecule has 2 nitrogen and oxygen atoms in total. The summed E-state index contributed by atoms with van der Waals surface area (Å²) in [6.45, 7) is -0.644. The average molecular weight is 256 g/mol. The Morgan fingerprint density at radius 1 is 1.00 bits per heavy atom. The first-order valence-electron chi connectivity index (χ1n) is 4.54. The highest BCUT2D eigenvalue weighted by atomic mass is 19.4. The Morgan fingerprint density at radius 2 is 1.47 bits per heavy atom. The molecule has 0 amide bonds. The summed E-state index contributed by atoms with van der Waals surface area (Å²) in [6.07, 6.45) is -6.96. The van der Waals surface area contributed by atoms with Crippen molar-refractivity contribution in [2.75, 3.05) is 6.61 Å². The molecule has 0 aliphatic rings. The lowest BCUT2D eigenvalue weighted by Crippen LogP contribution is -2.33. The van der Waals surface area contributed by atoms with Crippen LogP contribution in [0.1, 0.15) is 17.2 Å². The molecule has 0 spiro atoms. The third-order valence-corrected chi connectivity index (χ3v) is 2.19. The molecule has 0 bridgehead atoms. The summed E-state index contributed by atoms with van der Waals surface area (Å²) in [7, 11) is 0. The highest BCUT2D eigenvalue weighted by molar-refractivity contribution is 5.28. The normalized spacial score (nSPS) is 14.8. The van der Waals surface area contributed by atoms with E-state index in [1.807, 2.05) is 0 Å². The highest BCUT2D eigenvalue weighted by Gasteiger charge is 2.58. The summed E-state index contributed by atoms with van der Waals surface area (Å²) in [6, 6.07) is 2.97. The maximum absolute atomic E-state index is 12.8. The molecule has 0 saturated carbocycles. The average Bonchev–Trinajstić information content (AvgIpc) is 2.26. The molecule has 7 heteroatoms. The number of halogens is 5. The zero-order valence-electron chi connectivity index (χ0n) is 8.38. The monoisotopic (exact) mass is 256 g/mol. The van der Waals surface area contributed by atoms with Gasteiger partial charge in [-0.1, -0.05) is 24.3 Å². The van der Waals surface area contributed by atoms with Crippen molar-refractivity contribution in [3.8, 4) is 0 Å². The molecule has 1 aromatic carbocycles. The SMILES string of the molecule is OCC(O)c1ccc(C(F)(F)C(F)(F)F)cc1. The zero-order valence-corrected chi connectivity index (χ0v) is 8.38. The topological polar surface area (TPSA) is 40.5 Å². The van der Waals surface area contributed by atoms with Gasteiger partial charge in [0.25, 0.3) is 0 Å². The van der Waals surface area contributed by atoms with E-state index >= 15 is 0 Å². The van der Waals surface area contributed by atoms with Gasteiger partial charge in [0, 0.05) is 5.56 Å². The van der Waals surface area contributed by atoms with E-state index in [2.05, 4.69) is 0 Å². The van der Waals surface area contributed by atoms with Crippen LogP contribution in [0.3, 0.4) is 0 Å². The van der Waals surface area contributed by atoms with Crippen molar-refractivity contribution in [1.82, 2.24) is 0 Å². The minimum atomic E-state index is -5.66. The lowest BCUT2D eigenvalue weighted by Gasteiger charge is -2.20. The van der Waals surface area contributed by atoms with Crippen LogP contribution in [0.5, 0.6) is 0 Å². The maximum atomic E-state index is 12.8. The lowest BCUT2D eigenvalue weighted by atomic mass is 10.0. The quantitative estimate of drug-likeness (QED) is 0.815. The highest BCUT2D eigenvalue weighted by Crippen LogP contribution is 2.43. The number of alkyl halides is 5. The lowest BCUT2D eigenvalue weighted by molar-refractivity contribution is -0.289. The van der Waals surface area contributed by atoms with Crippen LogP contribution < -0.4 is 0 Å². The Bertz CT molecular complexity index is 371. The van der Waals surface area contributed by atoms with Crippen molar-refractivity contribution >= 4 is 0 Å². The molecule has 17 heavy (non-hydrogen) atoms. The second kappa shape index (κ2) is 4.58. The molecule has 1 atom stereocenters. The van der Waals surface area contributed by atoms with Crippen molar-refractivity contribution in [3.63, 3.8) is 0 Å². The van der Waals surface area contributed by atoms with Crippen LogP contribution in [0, 0.1) is 0 Å². The number of benzene rings is 1. The van der Waals surface area contributed by atoms with Crippen molar-refractivity contribution in [3.05, 3.63) is 35.4 Å². The van der Waals surface area contributed by atoms with Crippen LogP contribution in [0.4, 0.5) is 22.0 Å². The standard InChI is InChI=1S/C10H9F5O2/c11-9(12,10(13,14)15)7-3-1-6(2-4-7)8(17)5-16/h1-4,8,16-17H,5H2. The molecule has 0 heterocycles. The number of aliphatic hydroxyl groups excluding tert-OH is 2. The Balaban J connectivity index is 3.03. The van der Waals surface area contributed by atoms with Gasteiger partial charge in [-0.05, 0) is 5.56 Å². The molecule has 96 valence electrons. The van der Waals surface area contributed by atoms with Crippen LogP contribution in [-0.2, 0) is 5.92 Å². The van der Waals surface area contributed by atoms with Crippen molar-refractivity contribution in [2.45, 2.75) is 18.2 Å². The number of hydrogen-bond donors (Lipinski definition) is 2. The molecular formula is C10H9F5O2. The van der Waals surface area contributed by atoms with E-state index in [0.717, 1.165) is 12.1 Å². The van der Waals surface area contributed by atoms with Gasteiger partial charge in [0.05, 0.1) is 6.61 Å². The fraction of sp³-hybridized carbons (Fsp3) is 0.400. The minimum Gasteiger partial charge on any atom is -0.393 e. The number of hydrogen-bond acceptors (Lipinski definition) is 2. The van der Waals surface area contributed by atoms with Crippen LogP contribution >= 0.6 is 0 Å². The predicted molar refractivity (Wildman–Crippen MR) is 48.4 cm³/mol. The molecule has 0 saturated heterocycles. The van der Waals surface area contributed by atoms with E-state index in [1.165, 1.54) is 0 Å². The summed E-state index contributed by atoms with van der Waals surface area (Å²) < 4.78 is 61.7. The van der Waals surface area contributed by atoms with Crippen molar-refractivity contribution in [2.24, 2.45) is 0 Å². The first-order chi connectivity index (χ1) is 7.70. The second-order valence-corrected chi connectivity index (χ2v) is 3.39. The Morgan fingerprint density at radius 3 is 1.82 bits per heavy atom. The second-order valence-electron chi connectivity index (χ2n) is 3.39. The molecular weight excluding hydrogens is 247 g/mol. The third-order valence-electron chi connectivity index (χ3n) is 2.19. The van der Waals surface area contributed by atoms with Crippen LogP contribution in [0.15, 0.2) is 24.3 Å². The molecule has 0 radical (unpaired) electrons. The summed E-state index contributed by atoms with van der Waals surface area (Å²) in [5.41, 5.74) is -1.15. The maximum Gasteiger partial charge on any atom is 0.458 e. The fourth-order valence-corrected chi connectivity index (χ4v) is 1.18. The molecule has 0 aliphatic heterocycles. The van der Waals surface area contributed by atoms with Crippen LogP contribution in [-0.4, -0.2) is 23.0 Å². The van der Waals surface area contributed by atoms with Gasteiger partial charge in [-0.25, -0.2) is 0 Å². The van der Waals surface area contributed by atoms with Gasteiger partial charge in [-0.15, -0.1) is 0 Å². The number of rotatable bonds is 3. The van der Waals surface area contributed by atoms with Crippen LogP contribution in [0.25, 0.3) is 0 Å². The van der Waals surface area contributed by atoms with Gasteiger partial charge in [0.2, 0.25) is 0 Å². The fourth-order valence-electron chi connectivity index (χ4n) is 1.18. The van der Waals surface area contributed by atoms with Gasteiger partial charge >= 0.3 is 12.1 Å². The van der Waals surface area contributed by atoms with E-state index in [9.17, 15) is 22.0 Å². The van der Waals surface area contributed by atoms with E-state index in [0.29, 0.717) is 12.1 Å². The first-order valence-corrected chi connectivity index (χ1v) is 4.54. The summed E-state index contributed by atoms with van der Waals surface area (Å²) >= 11 is 0. The van der Waals surface area contributed by atoms with Crippen molar-refractivity contribution < 1.29 is 32.2 Å². The van der Waals surface area contributed by atoms with E-state index in [-0.39, 0.29) is 5.56 Å². The van der Waals surface area contributed by atoms with E-state index in [1.54, 1.807) is 0 Å². The molecule has 1 aromatic rings. The Hall–Kier alpha value is -1.21. The largest absolute Gasteiger partial charge is 0.458 e. The Kier molecular flexibility index (Phi) is 3.73. The van der Waals surface area contributed by atoms with Crippen molar-refractivity contribution in [1.29, 1.82) is 0 Å².